The van der Waals surface area contributed by atoms with E-state index in [1.807, 2.05) is 13.8 Å². The molecule has 2 heteroatoms. The van der Waals surface area contributed by atoms with Crippen LogP contribution >= 0.6 is 0 Å². The summed E-state index contributed by atoms with van der Waals surface area (Å²) in [5.74, 6) is 0.348. The van der Waals surface area contributed by atoms with Gasteiger partial charge in [0.15, 0.2) is 5.78 Å². The van der Waals surface area contributed by atoms with Gasteiger partial charge in [0, 0.05) is 6.42 Å². The minimum absolute atomic E-state index is 0.167. The van der Waals surface area contributed by atoms with E-state index in [0.29, 0.717) is 18.4 Å². The molecule has 0 saturated heterocycles. The Hall–Kier alpha value is -0.630. The zero-order valence-corrected chi connectivity index (χ0v) is 7.92. The lowest BCUT2D eigenvalue weighted by Crippen LogP contribution is -2.36. The number of ketones is 1. The number of rotatable bonds is 1. The minimum atomic E-state index is -0.752. The maximum Gasteiger partial charge on any atom is 0.158 e. The molecule has 68 valence electrons. The van der Waals surface area contributed by atoms with Crippen molar-refractivity contribution in [3.05, 3.63) is 11.6 Å². The molecule has 1 aliphatic rings. The fraction of sp³-hybridized carbons (Fsp3) is 0.700. The molecule has 2 nitrogen and oxygen atoms in total. The van der Waals surface area contributed by atoms with Crippen LogP contribution in [0.5, 0.6) is 0 Å². The number of carbonyl (C=O) groups is 1. The maximum absolute atomic E-state index is 11.1. The molecule has 1 unspecified atom stereocenters. The molecular formula is C10H16O2. The van der Waals surface area contributed by atoms with Gasteiger partial charge in [-0.05, 0) is 30.9 Å². The molecule has 0 radical (unpaired) electrons. The molecule has 0 saturated carbocycles. The van der Waals surface area contributed by atoms with Crippen molar-refractivity contribution in [2.75, 3.05) is 0 Å². The summed E-state index contributed by atoms with van der Waals surface area (Å²) in [6, 6.07) is 0. The topological polar surface area (TPSA) is 37.3 Å². The van der Waals surface area contributed by atoms with Crippen molar-refractivity contribution in [3.63, 3.8) is 0 Å². The van der Waals surface area contributed by atoms with Gasteiger partial charge < -0.3 is 5.11 Å². The smallest absolute Gasteiger partial charge is 0.158 e. The molecule has 0 aromatic rings. The Morgan fingerprint density at radius 2 is 2.17 bits per heavy atom. The van der Waals surface area contributed by atoms with Crippen LogP contribution in [0.1, 0.15) is 33.6 Å². The Kier molecular flexibility index (Phi) is 2.38. The molecule has 1 N–H and O–H groups in total. The second-order valence-corrected chi connectivity index (χ2v) is 3.90. The Morgan fingerprint density at radius 3 is 2.58 bits per heavy atom. The van der Waals surface area contributed by atoms with Crippen molar-refractivity contribution in [1.29, 1.82) is 0 Å². The predicted molar refractivity (Wildman–Crippen MR) is 47.8 cm³/mol. The molecule has 0 aromatic carbocycles. The van der Waals surface area contributed by atoms with Crippen LogP contribution in [-0.4, -0.2) is 16.5 Å². The lowest BCUT2D eigenvalue weighted by atomic mass is 9.79. The lowest BCUT2D eigenvalue weighted by molar-refractivity contribution is -0.118. The van der Waals surface area contributed by atoms with E-state index in [4.69, 9.17) is 0 Å². The summed E-state index contributed by atoms with van der Waals surface area (Å²) in [5.41, 5.74) is -0.0460. The lowest BCUT2D eigenvalue weighted by Gasteiger charge is -2.32. The van der Waals surface area contributed by atoms with Crippen LogP contribution in [0.25, 0.3) is 0 Å². The van der Waals surface area contributed by atoms with E-state index in [2.05, 4.69) is 0 Å². The van der Waals surface area contributed by atoms with Crippen LogP contribution in [0.15, 0.2) is 11.6 Å². The van der Waals surface area contributed by atoms with Gasteiger partial charge in [0.2, 0.25) is 0 Å². The van der Waals surface area contributed by atoms with E-state index < -0.39 is 5.60 Å². The molecule has 0 amide bonds. The number of carbonyl (C=O) groups excluding carboxylic acids is 1. The SMILES string of the molecule is CC1=CC(O)(C(C)C)CCC1=O. The van der Waals surface area contributed by atoms with E-state index in [0.717, 1.165) is 0 Å². The van der Waals surface area contributed by atoms with Crippen molar-refractivity contribution in [2.24, 2.45) is 5.92 Å². The van der Waals surface area contributed by atoms with Crippen molar-refractivity contribution < 1.29 is 9.90 Å². The third kappa shape index (κ3) is 1.58. The highest BCUT2D eigenvalue weighted by atomic mass is 16.3. The molecule has 0 heterocycles. The third-order valence-electron chi connectivity index (χ3n) is 2.66. The third-order valence-corrected chi connectivity index (χ3v) is 2.66. The first-order valence-corrected chi connectivity index (χ1v) is 4.41. The first-order chi connectivity index (χ1) is 5.46. The maximum atomic E-state index is 11.1. The quantitative estimate of drug-likeness (QED) is 0.646. The summed E-state index contributed by atoms with van der Waals surface area (Å²) in [6.45, 7) is 5.72. The second kappa shape index (κ2) is 3.02. The standard InChI is InChI=1S/C10H16O2/c1-7(2)10(12)5-4-9(11)8(3)6-10/h6-7,12H,4-5H2,1-3H3. The number of hydrogen-bond acceptors (Lipinski definition) is 2. The normalized spacial score (nSPS) is 30.8. The predicted octanol–water partition coefficient (Wildman–Crippen LogP) is 1.68. The minimum Gasteiger partial charge on any atom is -0.385 e. The van der Waals surface area contributed by atoms with E-state index in [1.54, 1.807) is 13.0 Å². The van der Waals surface area contributed by atoms with Gasteiger partial charge in [0.25, 0.3) is 0 Å². The molecular weight excluding hydrogens is 152 g/mol. The molecule has 1 aliphatic carbocycles. The van der Waals surface area contributed by atoms with Crippen molar-refractivity contribution in [1.82, 2.24) is 0 Å². The van der Waals surface area contributed by atoms with Crippen molar-refractivity contribution in [2.45, 2.75) is 39.2 Å². The van der Waals surface area contributed by atoms with E-state index in [9.17, 15) is 9.90 Å². The highest BCUT2D eigenvalue weighted by Gasteiger charge is 2.33. The fourth-order valence-electron chi connectivity index (χ4n) is 1.49. The van der Waals surface area contributed by atoms with Gasteiger partial charge in [-0.25, -0.2) is 0 Å². The van der Waals surface area contributed by atoms with Crippen LogP contribution in [0.4, 0.5) is 0 Å². The second-order valence-electron chi connectivity index (χ2n) is 3.90. The average molecular weight is 168 g/mol. The molecule has 1 rings (SSSR count). The summed E-state index contributed by atoms with van der Waals surface area (Å²) < 4.78 is 0. The molecule has 0 fully saturated rings. The first-order valence-electron chi connectivity index (χ1n) is 4.41. The average Bonchev–Trinajstić information content (AvgIpc) is 1.97. The van der Waals surface area contributed by atoms with Gasteiger partial charge in [-0.2, -0.15) is 0 Å². The zero-order chi connectivity index (χ0) is 9.35. The molecule has 0 aliphatic heterocycles. The number of allylic oxidation sites excluding steroid dienone is 1. The van der Waals surface area contributed by atoms with Gasteiger partial charge in [0.05, 0.1) is 5.60 Å². The number of aliphatic hydroxyl groups is 1. The number of hydrogen-bond donors (Lipinski definition) is 1. The summed E-state index contributed by atoms with van der Waals surface area (Å²) in [4.78, 5) is 11.1. The summed E-state index contributed by atoms with van der Waals surface area (Å²) in [5, 5.41) is 10.0. The highest BCUT2D eigenvalue weighted by molar-refractivity contribution is 5.95. The highest BCUT2D eigenvalue weighted by Crippen LogP contribution is 2.30. The Labute approximate surface area is 73.3 Å². The summed E-state index contributed by atoms with van der Waals surface area (Å²) >= 11 is 0. The summed E-state index contributed by atoms with van der Waals surface area (Å²) in [7, 11) is 0. The first kappa shape index (κ1) is 9.46. The molecule has 1 atom stereocenters. The summed E-state index contributed by atoms with van der Waals surface area (Å²) in [6.07, 6.45) is 2.77. The number of Topliss-reactive ketones (excluding diaryl/α,β-unsaturated/α-hetero) is 1. The van der Waals surface area contributed by atoms with Crippen LogP contribution < -0.4 is 0 Å². The Bertz CT molecular complexity index is 228. The molecule has 0 bridgehead atoms. The molecule has 0 aromatic heterocycles. The Balaban J connectivity index is 2.91. The molecule has 0 spiro atoms. The van der Waals surface area contributed by atoms with Gasteiger partial charge in [-0.1, -0.05) is 13.8 Å². The van der Waals surface area contributed by atoms with Crippen molar-refractivity contribution >= 4 is 5.78 Å². The largest absolute Gasteiger partial charge is 0.385 e. The molecule has 12 heavy (non-hydrogen) atoms. The monoisotopic (exact) mass is 168 g/mol. The fourth-order valence-corrected chi connectivity index (χ4v) is 1.49. The van der Waals surface area contributed by atoms with Gasteiger partial charge in [-0.3, -0.25) is 4.79 Å². The van der Waals surface area contributed by atoms with Gasteiger partial charge in [0.1, 0.15) is 0 Å². The van der Waals surface area contributed by atoms with E-state index in [-0.39, 0.29) is 11.7 Å². The van der Waals surface area contributed by atoms with Gasteiger partial charge >= 0.3 is 0 Å². The van der Waals surface area contributed by atoms with Crippen LogP contribution in [0, 0.1) is 5.92 Å². The van der Waals surface area contributed by atoms with Crippen molar-refractivity contribution in [3.8, 4) is 0 Å². The van der Waals surface area contributed by atoms with Crippen LogP contribution in [0.3, 0.4) is 0 Å². The van der Waals surface area contributed by atoms with E-state index in [1.165, 1.54) is 0 Å². The van der Waals surface area contributed by atoms with E-state index >= 15 is 0 Å². The van der Waals surface area contributed by atoms with Gasteiger partial charge in [-0.15, -0.1) is 0 Å². The Morgan fingerprint density at radius 1 is 1.58 bits per heavy atom. The van der Waals surface area contributed by atoms with Crippen LogP contribution in [-0.2, 0) is 4.79 Å². The zero-order valence-electron chi connectivity index (χ0n) is 7.92. The van der Waals surface area contributed by atoms with Crippen LogP contribution in [0.2, 0.25) is 0 Å².